The number of aryl methyl sites for hydroxylation is 1. The fourth-order valence-electron chi connectivity index (χ4n) is 2.43. The molecule has 1 atom stereocenters. The maximum Gasteiger partial charge on any atom is 0.120 e. The first-order chi connectivity index (χ1) is 8.97. The minimum absolute atomic E-state index is 0.526. The Hall–Kier alpha value is -0.840. The molecule has 4 nitrogen and oxygen atoms in total. The fraction of sp³-hybridized carbons (Fsp3) is 0.733. The zero-order chi connectivity index (χ0) is 14.4. The maximum atomic E-state index is 5.92. The average molecular weight is 267 g/mol. The van der Waals surface area contributed by atoms with Gasteiger partial charge in [-0.25, -0.2) is 0 Å². The highest BCUT2D eigenvalue weighted by atomic mass is 16.3. The highest BCUT2D eigenvalue weighted by molar-refractivity contribution is 5.20. The first-order valence-electron chi connectivity index (χ1n) is 7.09. The van der Waals surface area contributed by atoms with Crippen LogP contribution in [-0.2, 0) is 13.1 Å². The topological polar surface area (TPSA) is 31.6 Å². The van der Waals surface area contributed by atoms with Crippen molar-refractivity contribution in [1.29, 1.82) is 0 Å². The van der Waals surface area contributed by atoms with Crippen molar-refractivity contribution >= 4 is 0 Å². The van der Waals surface area contributed by atoms with Gasteiger partial charge in [-0.3, -0.25) is 4.90 Å². The van der Waals surface area contributed by atoms with Crippen LogP contribution in [0.15, 0.2) is 10.5 Å². The summed E-state index contributed by atoms with van der Waals surface area (Å²) in [5, 5.41) is 3.14. The molecule has 4 heteroatoms. The molecule has 0 saturated heterocycles. The highest BCUT2D eigenvalue weighted by Crippen LogP contribution is 2.17. The summed E-state index contributed by atoms with van der Waals surface area (Å²) in [7, 11) is 6.18. The van der Waals surface area contributed by atoms with Crippen molar-refractivity contribution in [3.63, 3.8) is 0 Å². The molecular formula is C15H29N3O. The number of hydrogen-bond acceptors (Lipinski definition) is 4. The van der Waals surface area contributed by atoms with E-state index in [1.165, 1.54) is 5.56 Å². The molecule has 1 aromatic heterocycles. The summed E-state index contributed by atoms with van der Waals surface area (Å²) in [6.45, 7) is 10.4. The molecule has 0 spiro atoms. The van der Waals surface area contributed by atoms with E-state index in [0.717, 1.165) is 37.7 Å². The van der Waals surface area contributed by atoms with Gasteiger partial charge in [0.25, 0.3) is 0 Å². The lowest BCUT2D eigenvalue weighted by Crippen LogP contribution is -2.39. The summed E-state index contributed by atoms with van der Waals surface area (Å²) in [6, 6.07) is 2.69. The first-order valence-corrected chi connectivity index (χ1v) is 7.09. The molecule has 0 bridgehead atoms. The van der Waals surface area contributed by atoms with Gasteiger partial charge in [0, 0.05) is 12.6 Å². The average Bonchev–Trinajstić information content (AvgIpc) is 2.66. The molecule has 1 rings (SSSR count). The molecule has 110 valence electrons. The molecule has 0 aliphatic carbocycles. The summed E-state index contributed by atoms with van der Waals surface area (Å²) < 4.78 is 5.92. The molecule has 1 heterocycles. The fourth-order valence-corrected chi connectivity index (χ4v) is 2.43. The molecule has 0 fully saturated rings. The third-order valence-electron chi connectivity index (χ3n) is 3.43. The summed E-state index contributed by atoms with van der Waals surface area (Å²) >= 11 is 0. The molecule has 0 radical (unpaired) electrons. The first kappa shape index (κ1) is 16.2. The predicted molar refractivity (Wildman–Crippen MR) is 80.3 cm³/mol. The van der Waals surface area contributed by atoms with Crippen molar-refractivity contribution < 1.29 is 4.42 Å². The summed E-state index contributed by atoms with van der Waals surface area (Å²) in [6.07, 6.45) is 0. The second-order valence-electron chi connectivity index (χ2n) is 5.52. The number of nitrogens with zero attached hydrogens (tertiary/aromatic N) is 2. The third kappa shape index (κ3) is 4.97. The molecule has 0 aliphatic rings. The van der Waals surface area contributed by atoms with E-state index in [4.69, 9.17) is 4.42 Å². The lowest BCUT2D eigenvalue weighted by molar-refractivity contribution is 0.162. The van der Waals surface area contributed by atoms with Crippen LogP contribution in [0.5, 0.6) is 0 Å². The zero-order valence-electron chi connectivity index (χ0n) is 13.3. The van der Waals surface area contributed by atoms with E-state index in [1.54, 1.807) is 0 Å². The number of hydrogen-bond donors (Lipinski definition) is 1. The van der Waals surface area contributed by atoms with E-state index < -0.39 is 0 Å². The minimum atomic E-state index is 0.526. The monoisotopic (exact) mass is 267 g/mol. The van der Waals surface area contributed by atoms with Gasteiger partial charge in [0.15, 0.2) is 0 Å². The summed E-state index contributed by atoms with van der Waals surface area (Å²) in [5.74, 6) is 2.11. The van der Waals surface area contributed by atoms with Crippen LogP contribution in [-0.4, -0.2) is 50.1 Å². The van der Waals surface area contributed by atoms with Crippen LogP contribution in [0, 0.1) is 6.92 Å². The van der Waals surface area contributed by atoms with Crippen LogP contribution in [0.2, 0.25) is 0 Å². The molecule has 0 amide bonds. The number of nitrogens with one attached hydrogen (secondary N) is 1. The van der Waals surface area contributed by atoms with Crippen LogP contribution >= 0.6 is 0 Å². The Morgan fingerprint density at radius 2 is 2.05 bits per heavy atom. The molecule has 1 unspecified atom stereocenters. The largest absolute Gasteiger partial charge is 0.463 e. The lowest BCUT2D eigenvalue weighted by Gasteiger charge is -2.29. The van der Waals surface area contributed by atoms with Gasteiger partial charge in [-0.1, -0.05) is 6.92 Å². The normalized spacial score (nSPS) is 13.5. The van der Waals surface area contributed by atoms with Gasteiger partial charge < -0.3 is 14.6 Å². The minimum Gasteiger partial charge on any atom is -0.463 e. The Kier molecular flexibility index (Phi) is 6.55. The van der Waals surface area contributed by atoms with Gasteiger partial charge in [0.2, 0.25) is 0 Å². The van der Waals surface area contributed by atoms with Crippen LogP contribution in [0.4, 0.5) is 0 Å². The van der Waals surface area contributed by atoms with Crippen molar-refractivity contribution in [1.82, 2.24) is 15.1 Å². The number of rotatable bonds is 8. The van der Waals surface area contributed by atoms with Gasteiger partial charge in [0.1, 0.15) is 11.5 Å². The van der Waals surface area contributed by atoms with Gasteiger partial charge in [0.05, 0.1) is 13.1 Å². The maximum absolute atomic E-state index is 5.92. The Labute approximate surface area is 117 Å². The highest BCUT2D eigenvalue weighted by Gasteiger charge is 2.16. The van der Waals surface area contributed by atoms with Gasteiger partial charge in [-0.2, -0.15) is 0 Å². The Morgan fingerprint density at radius 1 is 1.37 bits per heavy atom. The van der Waals surface area contributed by atoms with Gasteiger partial charge in [-0.05, 0) is 53.2 Å². The van der Waals surface area contributed by atoms with Crippen LogP contribution < -0.4 is 5.32 Å². The zero-order valence-corrected chi connectivity index (χ0v) is 13.3. The van der Waals surface area contributed by atoms with Gasteiger partial charge in [-0.15, -0.1) is 0 Å². The van der Waals surface area contributed by atoms with Crippen molar-refractivity contribution in [3.8, 4) is 0 Å². The van der Waals surface area contributed by atoms with Crippen LogP contribution in [0.3, 0.4) is 0 Å². The standard InChI is InChI=1S/C15H29N3O/c1-7-18(13(3)10-17(5)6)11-14-8-12(2)15(19-14)9-16-4/h8,13,16H,7,9-11H2,1-6H3. The van der Waals surface area contributed by atoms with E-state index in [0.29, 0.717) is 6.04 Å². The second kappa shape index (κ2) is 7.68. The quantitative estimate of drug-likeness (QED) is 0.781. The van der Waals surface area contributed by atoms with E-state index in [-0.39, 0.29) is 0 Å². The van der Waals surface area contributed by atoms with E-state index in [9.17, 15) is 0 Å². The smallest absolute Gasteiger partial charge is 0.120 e. The Morgan fingerprint density at radius 3 is 2.58 bits per heavy atom. The van der Waals surface area contributed by atoms with Crippen molar-refractivity contribution in [2.75, 3.05) is 34.2 Å². The van der Waals surface area contributed by atoms with Crippen molar-refractivity contribution in [3.05, 3.63) is 23.2 Å². The number of furan rings is 1. The van der Waals surface area contributed by atoms with Crippen molar-refractivity contribution in [2.24, 2.45) is 0 Å². The Bertz CT molecular complexity index is 373. The van der Waals surface area contributed by atoms with E-state index >= 15 is 0 Å². The predicted octanol–water partition coefficient (Wildman–Crippen LogP) is 2.08. The van der Waals surface area contributed by atoms with Crippen LogP contribution in [0.25, 0.3) is 0 Å². The van der Waals surface area contributed by atoms with E-state index in [2.05, 4.69) is 56.0 Å². The molecule has 1 N–H and O–H groups in total. The molecule has 0 aliphatic heterocycles. The third-order valence-corrected chi connectivity index (χ3v) is 3.43. The van der Waals surface area contributed by atoms with Gasteiger partial charge >= 0.3 is 0 Å². The van der Waals surface area contributed by atoms with E-state index in [1.807, 2.05) is 7.05 Å². The van der Waals surface area contributed by atoms with Crippen LogP contribution in [0.1, 0.15) is 30.9 Å². The molecule has 19 heavy (non-hydrogen) atoms. The molecule has 1 aromatic rings. The summed E-state index contributed by atoms with van der Waals surface area (Å²) in [5.41, 5.74) is 1.24. The molecular weight excluding hydrogens is 238 g/mol. The number of likely N-dealkylation sites (N-methyl/N-ethyl adjacent to an activating group) is 2. The Balaban J connectivity index is 2.67. The molecule has 0 aromatic carbocycles. The SMILES string of the molecule is CCN(Cc1cc(C)c(CNC)o1)C(C)CN(C)C. The second-order valence-corrected chi connectivity index (χ2v) is 5.52. The molecule has 0 saturated carbocycles. The van der Waals surface area contributed by atoms with Crippen molar-refractivity contribution in [2.45, 2.75) is 39.9 Å². The lowest BCUT2D eigenvalue weighted by atomic mass is 10.2. The summed E-state index contributed by atoms with van der Waals surface area (Å²) in [4.78, 5) is 4.68.